The van der Waals surface area contributed by atoms with Crippen molar-refractivity contribution < 1.29 is 9.47 Å². The maximum Gasteiger partial charge on any atom is 0.123 e. The van der Waals surface area contributed by atoms with Gasteiger partial charge in [-0.05, 0) is 26.0 Å². The van der Waals surface area contributed by atoms with E-state index in [-0.39, 0.29) is 0 Å². The van der Waals surface area contributed by atoms with Gasteiger partial charge in [0, 0.05) is 12.1 Å². The van der Waals surface area contributed by atoms with Gasteiger partial charge in [-0.25, -0.2) is 0 Å². The Labute approximate surface area is 110 Å². The molecule has 0 amide bonds. The van der Waals surface area contributed by atoms with E-state index in [0.29, 0.717) is 19.3 Å². The highest BCUT2D eigenvalue weighted by Gasteiger charge is 2.03. The van der Waals surface area contributed by atoms with Gasteiger partial charge in [-0.3, -0.25) is 0 Å². The van der Waals surface area contributed by atoms with Crippen LogP contribution in [0.2, 0.25) is 0 Å². The van der Waals surface area contributed by atoms with Crippen LogP contribution in [-0.2, 0) is 11.3 Å². The van der Waals surface area contributed by atoms with E-state index in [2.05, 4.69) is 32.2 Å². The Balaban J connectivity index is 2.36. The smallest absolute Gasteiger partial charge is 0.123 e. The zero-order valence-electron chi connectivity index (χ0n) is 11.7. The molecule has 1 unspecified atom stereocenters. The summed E-state index contributed by atoms with van der Waals surface area (Å²) in [4.78, 5) is 0. The van der Waals surface area contributed by atoms with E-state index < -0.39 is 0 Å². The molecule has 0 spiro atoms. The minimum Gasteiger partial charge on any atom is -0.491 e. The molecular formula is C15H25NO2. The molecule has 1 N–H and O–H groups in total. The first kappa shape index (κ1) is 15.0. The average molecular weight is 251 g/mol. The van der Waals surface area contributed by atoms with Gasteiger partial charge in [0.15, 0.2) is 0 Å². The fraction of sp³-hybridized carbons (Fsp3) is 0.600. The molecule has 1 aromatic rings. The Morgan fingerprint density at radius 3 is 2.67 bits per heavy atom. The first-order chi connectivity index (χ1) is 8.77. The fourth-order valence-corrected chi connectivity index (χ4v) is 1.57. The van der Waals surface area contributed by atoms with Crippen LogP contribution in [0.25, 0.3) is 0 Å². The van der Waals surface area contributed by atoms with E-state index in [1.54, 1.807) is 0 Å². The van der Waals surface area contributed by atoms with E-state index in [4.69, 9.17) is 9.47 Å². The number of para-hydroxylation sites is 1. The molecule has 0 aliphatic rings. The van der Waals surface area contributed by atoms with Crippen molar-refractivity contribution in [3.8, 4) is 5.75 Å². The zero-order chi connectivity index (χ0) is 13.2. The lowest BCUT2D eigenvalue weighted by Crippen LogP contribution is -2.15. The largest absolute Gasteiger partial charge is 0.491 e. The SMILES string of the molecule is CCNCc1ccccc1OCCOC(C)CC. The maximum absolute atomic E-state index is 5.76. The quantitative estimate of drug-likeness (QED) is 0.684. The summed E-state index contributed by atoms with van der Waals surface area (Å²) in [5, 5.41) is 3.31. The van der Waals surface area contributed by atoms with Crippen molar-refractivity contribution in [1.29, 1.82) is 0 Å². The lowest BCUT2D eigenvalue weighted by atomic mass is 10.2. The molecule has 0 bridgehead atoms. The Kier molecular flexibility index (Phi) is 7.46. The molecule has 3 heteroatoms. The molecule has 0 aliphatic carbocycles. The van der Waals surface area contributed by atoms with Gasteiger partial charge in [0.1, 0.15) is 12.4 Å². The van der Waals surface area contributed by atoms with Crippen LogP contribution < -0.4 is 10.1 Å². The second kappa shape index (κ2) is 8.95. The molecule has 1 atom stereocenters. The summed E-state index contributed by atoms with van der Waals surface area (Å²) >= 11 is 0. The van der Waals surface area contributed by atoms with Gasteiger partial charge >= 0.3 is 0 Å². The molecule has 18 heavy (non-hydrogen) atoms. The first-order valence-corrected chi connectivity index (χ1v) is 6.80. The van der Waals surface area contributed by atoms with Gasteiger partial charge in [0.2, 0.25) is 0 Å². The van der Waals surface area contributed by atoms with Crippen LogP contribution in [0.4, 0.5) is 0 Å². The normalized spacial score (nSPS) is 12.4. The molecular weight excluding hydrogens is 226 g/mol. The van der Waals surface area contributed by atoms with Gasteiger partial charge < -0.3 is 14.8 Å². The molecule has 0 saturated heterocycles. The fourth-order valence-electron chi connectivity index (χ4n) is 1.57. The van der Waals surface area contributed by atoms with Crippen molar-refractivity contribution in [2.45, 2.75) is 39.8 Å². The second-order valence-electron chi connectivity index (χ2n) is 4.33. The van der Waals surface area contributed by atoms with Crippen molar-refractivity contribution in [3.63, 3.8) is 0 Å². The standard InChI is InChI=1S/C15H25NO2/c1-4-13(3)17-10-11-18-15-9-7-6-8-14(15)12-16-5-2/h6-9,13,16H,4-5,10-12H2,1-3H3. The molecule has 0 saturated carbocycles. The third-order valence-electron chi connectivity index (χ3n) is 2.86. The average Bonchev–Trinajstić information content (AvgIpc) is 2.42. The van der Waals surface area contributed by atoms with E-state index in [1.807, 2.05) is 18.2 Å². The van der Waals surface area contributed by atoms with Gasteiger partial charge in [-0.15, -0.1) is 0 Å². The minimum atomic E-state index is 0.311. The van der Waals surface area contributed by atoms with Crippen LogP contribution in [0.1, 0.15) is 32.8 Å². The topological polar surface area (TPSA) is 30.5 Å². The van der Waals surface area contributed by atoms with Crippen LogP contribution in [-0.4, -0.2) is 25.9 Å². The van der Waals surface area contributed by atoms with Crippen molar-refractivity contribution in [2.24, 2.45) is 0 Å². The van der Waals surface area contributed by atoms with E-state index in [9.17, 15) is 0 Å². The summed E-state index contributed by atoms with van der Waals surface area (Å²) in [6, 6.07) is 8.14. The Hall–Kier alpha value is -1.06. The van der Waals surface area contributed by atoms with Crippen molar-refractivity contribution in [3.05, 3.63) is 29.8 Å². The molecule has 0 radical (unpaired) electrons. The number of rotatable bonds is 9. The predicted molar refractivity (Wildman–Crippen MR) is 75.0 cm³/mol. The minimum absolute atomic E-state index is 0.311. The van der Waals surface area contributed by atoms with Crippen LogP contribution in [0, 0.1) is 0 Å². The Bertz CT molecular complexity index is 328. The lowest BCUT2D eigenvalue weighted by Gasteiger charge is -2.14. The lowest BCUT2D eigenvalue weighted by molar-refractivity contribution is 0.0425. The summed E-state index contributed by atoms with van der Waals surface area (Å²) in [6.07, 6.45) is 1.35. The highest BCUT2D eigenvalue weighted by atomic mass is 16.5. The van der Waals surface area contributed by atoms with E-state index in [0.717, 1.165) is 25.3 Å². The summed E-state index contributed by atoms with van der Waals surface area (Å²) in [6.45, 7) is 9.36. The Morgan fingerprint density at radius 2 is 1.94 bits per heavy atom. The first-order valence-electron chi connectivity index (χ1n) is 6.80. The molecule has 0 aliphatic heterocycles. The summed E-state index contributed by atoms with van der Waals surface area (Å²) < 4.78 is 11.4. The second-order valence-corrected chi connectivity index (χ2v) is 4.33. The molecule has 0 heterocycles. The number of hydrogen-bond donors (Lipinski definition) is 1. The number of hydrogen-bond acceptors (Lipinski definition) is 3. The van der Waals surface area contributed by atoms with Crippen LogP contribution in [0.5, 0.6) is 5.75 Å². The van der Waals surface area contributed by atoms with E-state index in [1.165, 1.54) is 5.56 Å². The zero-order valence-corrected chi connectivity index (χ0v) is 11.7. The highest BCUT2D eigenvalue weighted by molar-refractivity contribution is 5.33. The number of nitrogens with one attached hydrogen (secondary N) is 1. The van der Waals surface area contributed by atoms with Gasteiger partial charge in [0.05, 0.1) is 12.7 Å². The number of ether oxygens (including phenoxy) is 2. The predicted octanol–water partition coefficient (Wildman–Crippen LogP) is 2.99. The highest BCUT2D eigenvalue weighted by Crippen LogP contribution is 2.17. The summed E-state index contributed by atoms with van der Waals surface area (Å²) in [7, 11) is 0. The molecule has 1 aromatic carbocycles. The Morgan fingerprint density at radius 1 is 1.17 bits per heavy atom. The monoisotopic (exact) mass is 251 g/mol. The molecule has 3 nitrogen and oxygen atoms in total. The third-order valence-corrected chi connectivity index (χ3v) is 2.86. The summed E-state index contributed by atoms with van der Waals surface area (Å²) in [5.74, 6) is 0.950. The molecule has 1 rings (SSSR count). The number of benzene rings is 1. The van der Waals surface area contributed by atoms with Gasteiger partial charge in [-0.1, -0.05) is 32.0 Å². The van der Waals surface area contributed by atoms with E-state index >= 15 is 0 Å². The van der Waals surface area contributed by atoms with Crippen LogP contribution in [0.15, 0.2) is 24.3 Å². The maximum atomic E-state index is 5.76. The van der Waals surface area contributed by atoms with Crippen molar-refractivity contribution in [1.82, 2.24) is 5.32 Å². The van der Waals surface area contributed by atoms with Gasteiger partial charge in [-0.2, -0.15) is 0 Å². The third kappa shape index (κ3) is 5.52. The van der Waals surface area contributed by atoms with Crippen LogP contribution in [0.3, 0.4) is 0 Å². The van der Waals surface area contributed by atoms with Gasteiger partial charge in [0.25, 0.3) is 0 Å². The molecule has 0 fully saturated rings. The molecule has 102 valence electrons. The van der Waals surface area contributed by atoms with Crippen LogP contribution >= 0.6 is 0 Å². The van der Waals surface area contributed by atoms with Crippen molar-refractivity contribution in [2.75, 3.05) is 19.8 Å². The van der Waals surface area contributed by atoms with Crippen molar-refractivity contribution >= 4 is 0 Å². The summed E-state index contributed by atoms with van der Waals surface area (Å²) in [5.41, 5.74) is 1.20. The molecule has 0 aromatic heterocycles.